The Kier molecular flexibility index (Phi) is 3.99. The maximum atomic E-state index is 11.8. The van der Waals surface area contributed by atoms with E-state index < -0.39 is 0 Å². The van der Waals surface area contributed by atoms with E-state index in [2.05, 4.69) is 0 Å². The van der Waals surface area contributed by atoms with E-state index in [0.717, 1.165) is 0 Å². The molecule has 1 saturated heterocycles. The quantitative estimate of drug-likeness (QED) is 0.756. The van der Waals surface area contributed by atoms with Gasteiger partial charge in [0.1, 0.15) is 18.5 Å². The standard InChI is InChI=1S/C12H13ClO4/c1-15-12-3-2-8(4-10(12)13)11(14)7-17-9-5-16-6-9/h2-4,9H,5-7H2,1H3. The van der Waals surface area contributed by atoms with Crippen LogP contribution in [0, 0.1) is 0 Å². The van der Waals surface area contributed by atoms with Crippen LogP contribution in [0.2, 0.25) is 5.02 Å². The second kappa shape index (κ2) is 5.49. The summed E-state index contributed by atoms with van der Waals surface area (Å²) in [6, 6.07) is 4.93. The van der Waals surface area contributed by atoms with Crippen molar-refractivity contribution in [1.29, 1.82) is 0 Å². The average Bonchev–Trinajstić information content (AvgIpc) is 2.26. The third-order valence-electron chi connectivity index (χ3n) is 2.53. The number of hydrogen-bond donors (Lipinski definition) is 0. The van der Waals surface area contributed by atoms with Crippen molar-refractivity contribution in [3.05, 3.63) is 28.8 Å². The maximum Gasteiger partial charge on any atom is 0.188 e. The highest BCUT2D eigenvalue weighted by Crippen LogP contribution is 2.25. The second-order valence-electron chi connectivity index (χ2n) is 3.74. The van der Waals surface area contributed by atoms with Gasteiger partial charge in [0.15, 0.2) is 5.78 Å². The minimum absolute atomic E-state index is 0.0488. The zero-order chi connectivity index (χ0) is 12.3. The van der Waals surface area contributed by atoms with Crippen LogP contribution in [0.5, 0.6) is 5.75 Å². The van der Waals surface area contributed by atoms with Crippen LogP contribution < -0.4 is 4.74 Å². The van der Waals surface area contributed by atoms with Gasteiger partial charge in [-0.25, -0.2) is 0 Å². The number of benzene rings is 1. The van der Waals surface area contributed by atoms with Crippen LogP contribution in [-0.4, -0.2) is 38.8 Å². The van der Waals surface area contributed by atoms with Crippen molar-refractivity contribution in [2.45, 2.75) is 6.10 Å². The first-order valence-corrected chi connectivity index (χ1v) is 5.64. The van der Waals surface area contributed by atoms with Gasteiger partial charge in [-0.05, 0) is 18.2 Å². The Hall–Kier alpha value is -1.10. The van der Waals surface area contributed by atoms with Crippen LogP contribution in [0.3, 0.4) is 0 Å². The Morgan fingerprint density at radius 3 is 2.82 bits per heavy atom. The predicted molar refractivity (Wildman–Crippen MR) is 62.9 cm³/mol. The minimum atomic E-state index is -0.0959. The molecule has 0 bridgehead atoms. The Balaban J connectivity index is 1.95. The number of Topliss-reactive ketones (excluding diaryl/α,β-unsaturated/α-hetero) is 1. The van der Waals surface area contributed by atoms with E-state index in [1.165, 1.54) is 7.11 Å². The van der Waals surface area contributed by atoms with Crippen LogP contribution in [-0.2, 0) is 9.47 Å². The number of ketones is 1. The smallest absolute Gasteiger partial charge is 0.188 e. The summed E-state index contributed by atoms with van der Waals surface area (Å²) < 4.78 is 15.3. The second-order valence-corrected chi connectivity index (χ2v) is 4.15. The third-order valence-corrected chi connectivity index (χ3v) is 2.83. The lowest BCUT2D eigenvalue weighted by Crippen LogP contribution is -2.37. The van der Waals surface area contributed by atoms with Gasteiger partial charge in [-0.3, -0.25) is 4.79 Å². The normalized spacial score (nSPS) is 15.4. The summed E-state index contributed by atoms with van der Waals surface area (Å²) in [6.45, 7) is 1.18. The first-order valence-electron chi connectivity index (χ1n) is 5.27. The number of hydrogen-bond acceptors (Lipinski definition) is 4. The number of carbonyl (C=O) groups is 1. The van der Waals surface area contributed by atoms with Crippen LogP contribution >= 0.6 is 11.6 Å². The van der Waals surface area contributed by atoms with Crippen molar-refractivity contribution in [3.8, 4) is 5.75 Å². The fourth-order valence-electron chi connectivity index (χ4n) is 1.43. The number of methoxy groups -OCH3 is 1. The summed E-state index contributed by atoms with van der Waals surface area (Å²) in [4.78, 5) is 11.8. The molecule has 92 valence electrons. The van der Waals surface area contributed by atoms with E-state index in [-0.39, 0.29) is 18.5 Å². The summed E-state index contributed by atoms with van der Waals surface area (Å²) in [7, 11) is 1.53. The van der Waals surface area contributed by atoms with Crippen molar-refractivity contribution in [2.75, 3.05) is 26.9 Å². The highest BCUT2D eigenvalue weighted by Gasteiger charge is 2.20. The molecule has 17 heavy (non-hydrogen) atoms. The fourth-order valence-corrected chi connectivity index (χ4v) is 1.68. The van der Waals surface area contributed by atoms with Gasteiger partial charge in [0.2, 0.25) is 0 Å². The minimum Gasteiger partial charge on any atom is -0.495 e. The third kappa shape index (κ3) is 2.97. The summed E-state index contributed by atoms with van der Waals surface area (Å²) in [5.41, 5.74) is 0.524. The molecular weight excluding hydrogens is 244 g/mol. The molecule has 0 atom stereocenters. The van der Waals surface area contributed by atoms with Gasteiger partial charge in [0.25, 0.3) is 0 Å². The maximum absolute atomic E-state index is 11.8. The molecule has 0 N–H and O–H groups in total. The van der Waals surface area contributed by atoms with E-state index in [0.29, 0.717) is 29.5 Å². The molecule has 0 aliphatic carbocycles. The molecule has 1 aromatic carbocycles. The molecule has 1 heterocycles. The van der Waals surface area contributed by atoms with Crippen LogP contribution in [0.25, 0.3) is 0 Å². The Bertz CT molecular complexity index is 415. The molecule has 1 aliphatic rings. The zero-order valence-electron chi connectivity index (χ0n) is 9.44. The average molecular weight is 257 g/mol. The van der Waals surface area contributed by atoms with Crippen molar-refractivity contribution in [1.82, 2.24) is 0 Å². The molecule has 1 aromatic rings. The molecule has 0 radical (unpaired) electrons. The van der Waals surface area contributed by atoms with Gasteiger partial charge in [0.05, 0.1) is 25.3 Å². The van der Waals surface area contributed by atoms with Gasteiger partial charge >= 0.3 is 0 Å². The van der Waals surface area contributed by atoms with Gasteiger partial charge < -0.3 is 14.2 Å². The highest BCUT2D eigenvalue weighted by molar-refractivity contribution is 6.32. The van der Waals surface area contributed by atoms with Crippen molar-refractivity contribution in [3.63, 3.8) is 0 Å². The molecule has 0 spiro atoms. The summed E-state index contributed by atoms with van der Waals surface area (Å²) in [5, 5.41) is 0.422. The molecule has 2 rings (SSSR count). The Labute approximate surface area is 104 Å². The van der Waals surface area contributed by atoms with E-state index in [1.54, 1.807) is 18.2 Å². The number of rotatable bonds is 5. The first-order chi connectivity index (χ1) is 8.20. The van der Waals surface area contributed by atoms with E-state index in [9.17, 15) is 4.79 Å². The summed E-state index contributed by atoms with van der Waals surface area (Å²) in [6.07, 6.45) is 0.0488. The van der Waals surface area contributed by atoms with Gasteiger partial charge in [-0.15, -0.1) is 0 Å². The summed E-state index contributed by atoms with van der Waals surface area (Å²) >= 11 is 5.94. The monoisotopic (exact) mass is 256 g/mol. The zero-order valence-corrected chi connectivity index (χ0v) is 10.2. The number of ether oxygens (including phenoxy) is 3. The van der Waals surface area contributed by atoms with Gasteiger partial charge in [-0.2, -0.15) is 0 Å². The molecule has 5 heteroatoms. The lowest BCUT2D eigenvalue weighted by atomic mass is 10.1. The molecule has 1 fully saturated rings. The molecule has 0 saturated carbocycles. The van der Waals surface area contributed by atoms with E-state index in [4.69, 9.17) is 25.8 Å². The molecular formula is C12H13ClO4. The lowest BCUT2D eigenvalue weighted by Gasteiger charge is -2.25. The van der Waals surface area contributed by atoms with Crippen molar-refractivity contribution < 1.29 is 19.0 Å². The van der Waals surface area contributed by atoms with Gasteiger partial charge in [0, 0.05) is 5.56 Å². The molecule has 1 aliphatic heterocycles. The Morgan fingerprint density at radius 1 is 1.53 bits per heavy atom. The highest BCUT2D eigenvalue weighted by atomic mass is 35.5. The SMILES string of the molecule is COc1ccc(C(=O)COC2COC2)cc1Cl. The van der Waals surface area contributed by atoms with E-state index in [1.807, 2.05) is 0 Å². The van der Waals surface area contributed by atoms with Crippen molar-refractivity contribution >= 4 is 17.4 Å². The Morgan fingerprint density at radius 2 is 2.29 bits per heavy atom. The number of halogens is 1. The fraction of sp³-hybridized carbons (Fsp3) is 0.417. The first kappa shape index (κ1) is 12.4. The molecule has 0 aromatic heterocycles. The summed E-state index contributed by atoms with van der Waals surface area (Å²) in [5.74, 6) is 0.456. The topological polar surface area (TPSA) is 44.8 Å². The van der Waals surface area contributed by atoms with E-state index >= 15 is 0 Å². The van der Waals surface area contributed by atoms with Crippen LogP contribution in [0.4, 0.5) is 0 Å². The van der Waals surface area contributed by atoms with Crippen molar-refractivity contribution in [2.24, 2.45) is 0 Å². The van der Waals surface area contributed by atoms with Crippen LogP contribution in [0.15, 0.2) is 18.2 Å². The van der Waals surface area contributed by atoms with Gasteiger partial charge in [-0.1, -0.05) is 11.6 Å². The molecule has 0 unspecified atom stereocenters. The largest absolute Gasteiger partial charge is 0.495 e. The number of carbonyl (C=O) groups excluding carboxylic acids is 1. The molecule has 0 amide bonds. The lowest BCUT2D eigenvalue weighted by molar-refractivity contribution is -0.123. The van der Waals surface area contributed by atoms with Crippen LogP contribution in [0.1, 0.15) is 10.4 Å². The molecule has 4 nitrogen and oxygen atoms in total. The predicted octanol–water partition coefficient (Wildman–Crippen LogP) is 1.95.